The van der Waals surface area contributed by atoms with Crippen LogP contribution in [0.4, 0.5) is 0 Å². The van der Waals surface area contributed by atoms with Crippen LogP contribution < -0.4 is 0 Å². The summed E-state index contributed by atoms with van der Waals surface area (Å²) in [6, 6.07) is 8.37. The number of hydrogen-bond donors (Lipinski definition) is 1. The molecule has 1 fully saturated rings. The minimum absolute atomic E-state index is 0.129. The van der Waals surface area contributed by atoms with Crippen molar-refractivity contribution < 1.29 is 13.5 Å². The highest BCUT2D eigenvalue weighted by Gasteiger charge is 2.32. The molecule has 21 heavy (non-hydrogen) atoms. The van der Waals surface area contributed by atoms with Crippen LogP contribution in [0.5, 0.6) is 0 Å². The van der Waals surface area contributed by atoms with E-state index in [1.807, 2.05) is 0 Å². The van der Waals surface area contributed by atoms with E-state index in [1.54, 1.807) is 0 Å². The summed E-state index contributed by atoms with van der Waals surface area (Å²) in [6.45, 7) is 2.06. The average molecular weight is 310 g/mol. The Labute approximate surface area is 128 Å². The third kappa shape index (κ3) is 4.82. The van der Waals surface area contributed by atoms with E-state index >= 15 is 0 Å². The molecule has 1 aromatic rings. The summed E-state index contributed by atoms with van der Waals surface area (Å²) in [5.41, 5.74) is 2.47. The van der Waals surface area contributed by atoms with Crippen LogP contribution in [-0.4, -0.2) is 31.1 Å². The molecule has 1 saturated carbocycles. The lowest BCUT2D eigenvalue weighted by molar-refractivity contribution is 0.0783. The van der Waals surface area contributed by atoms with E-state index in [9.17, 15) is 13.5 Å². The van der Waals surface area contributed by atoms with Gasteiger partial charge in [0.25, 0.3) is 0 Å². The predicted octanol–water partition coefficient (Wildman–Crippen LogP) is 2.89. The Kier molecular flexibility index (Phi) is 5.44. The Morgan fingerprint density at radius 3 is 2.52 bits per heavy atom. The topological polar surface area (TPSA) is 54.4 Å². The lowest BCUT2D eigenvalue weighted by Gasteiger charge is -2.31. The highest BCUT2D eigenvalue weighted by atomic mass is 32.2. The van der Waals surface area contributed by atoms with Crippen LogP contribution >= 0.6 is 0 Å². The summed E-state index contributed by atoms with van der Waals surface area (Å²) >= 11 is 0. The van der Waals surface area contributed by atoms with Crippen LogP contribution in [0.15, 0.2) is 24.3 Å². The molecule has 1 aliphatic rings. The zero-order valence-electron chi connectivity index (χ0n) is 13.0. The van der Waals surface area contributed by atoms with Gasteiger partial charge in [-0.05, 0) is 50.5 Å². The quantitative estimate of drug-likeness (QED) is 0.910. The SMILES string of the molecule is Cc1ccc(CCC(O)C2CCCC(S(C)(=O)=O)C2)cc1. The van der Waals surface area contributed by atoms with Crippen LogP contribution in [0.1, 0.15) is 43.2 Å². The van der Waals surface area contributed by atoms with E-state index < -0.39 is 15.9 Å². The molecule has 1 N–H and O–H groups in total. The molecule has 1 aromatic carbocycles. The summed E-state index contributed by atoms with van der Waals surface area (Å²) in [5, 5.41) is 10.1. The van der Waals surface area contributed by atoms with Gasteiger partial charge in [-0.25, -0.2) is 8.42 Å². The first kappa shape index (κ1) is 16.5. The number of benzene rings is 1. The first-order valence-electron chi connectivity index (χ1n) is 7.78. The van der Waals surface area contributed by atoms with E-state index in [0.29, 0.717) is 12.8 Å². The van der Waals surface area contributed by atoms with Crippen molar-refractivity contribution >= 4 is 9.84 Å². The zero-order valence-corrected chi connectivity index (χ0v) is 13.8. The number of aryl methyl sites for hydroxylation is 2. The second kappa shape index (κ2) is 6.93. The van der Waals surface area contributed by atoms with Gasteiger partial charge in [-0.15, -0.1) is 0 Å². The van der Waals surface area contributed by atoms with Crippen molar-refractivity contribution in [1.29, 1.82) is 0 Å². The molecule has 0 amide bonds. The Hall–Kier alpha value is -0.870. The van der Waals surface area contributed by atoms with Gasteiger partial charge < -0.3 is 5.11 Å². The number of aliphatic hydroxyl groups excluding tert-OH is 1. The molecular weight excluding hydrogens is 284 g/mol. The Balaban J connectivity index is 1.88. The fraction of sp³-hybridized carbons (Fsp3) is 0.647. The van der Waals surface area contributed by atoms with Gasteiger partial charge in [0, 0.05) is 6.26 Å². The molecule has 0 radical (unpaired) electrons. The van der Waals surface area contributed by atoms with Gasteiger partial charge in [0.15, 0.2) is 0 Å². The van der Waals surface area contributed by atoms with Gasteiger partial charge in [-0.2, -0.15) is 0 Å². The summed E-state index contributed by atoms with van der Waals surface area (Å²) in [6.07, 6.45) is 5.71. The highest BCUT2D eigenvalue weighted by Crippen LogP contribution is 2.32. The summed E-state index contributed by atoms with van der Waals surface area (Å²) in [5.74, 6) is 0.129. The van der Waals surface area contributed by atoms with E-state index in [2.05, 4.69) is 31.2 Å². The van der Waals surface area contributed by atoms with Crippen molar-refractivity contribution in [2.24, 2.45) is 5.92 Å². The third-order valence-electron chi connectivity index (χ3n) is 4.67. The normalized spacial score (nSPS) is 24.7. The predicted molar refractivity (Wildman–Crippen MR) is 86.1 cm³/mol. The fourth-order valence-electron chi connectivity index (χ4n) is 3.22. The van der Waals surface area contributed by atoms with Crippen LogP contribution in [0.2, 0.25) is 0 Å². The molecule has 0 bridgehead atoms. The fourth-order valence-corrected chi connectivity index (χ4v) is 4.42. The molecule has 0 aromatic heterocycles. The number of aliphatic hydroxyl groups is 1. The maximum atomic E-state index is 11.7. The summed E-state index contributed by atoms with van der Waals surface area (Å²) < 4.78 is 23.4. The second-order valence-electron chi connectivity index (χ2n) is 6.47. The average Bonchev–Trinajstić information content (AvgIpc) is 2.45. The maximum absolute atomic E-state index is 11.7. The molecule has 0 spiro atoms. The molecule has 3 nitrogen and oxygen atoms in total. The van der Waals surface area contributed by atoms with Gasteiger partial charge in [0.05, 0.1) is 11.4 Å². The zero-order chi connectivity index (χ0) is 15.5. The van der Waals surface area contributed by atoms with Crippen LogP contribution in [0.25, 0.3) is 0 Å². The molecule has 3 unspecified atom stereocenters. The lowest BCUT2D eigenvalue weighted by Crippen LogP contribution is -2.33. The first-order valence-corrected chi connectivity index (χ1v) is 9.74. The highest BCUT2D eigenvalue weighted by molar-refractivity contribution is 7.91. The van der Waals surface area contributed by atoms with Gasteiger partial charge in [-0.3, -0.25) is 0 Å². The van der Waals surface area contributed by atoms with Crippen LogP contribution in [0.3, 0.4) is 0 Å². The molecule has 4 heteroatoms. The van der Waals surface area contributed by atoms with Gasteiger partial charge in [0.1, 0.15) is 9.84 Å². The standard InChI is InChI=1S/C17H26O3S/c1-13-6-8-14(9-7-13)10-11-17(18)15-4-3-5-16(12-15)21(2,19)20/h6-9,15-18H,3-5,10-12H2,1-2H3. The molecule has 0 saturated heterocycles. The van der Waals surface area contributed by atoms with Crippen molar-refractivity contribution in [3.05, 3.63) is 35.4 Å². The van der Waals surface area contributed by atoms with E-state index in [0.717, 1.165) is 25.7 Å². The number of rotatable bonds is 5. The third-order valence-corrected chi connectivity index (χ3v) is 6.30. The van der Waals surface area contributed by atoms with Gasteiger partial charge >= 0.3 is 0 Å². The molecule has 2 rings (SSSR count). The molecule has 1 aliphatic carbocycles. The first-order chi connectivity index (χ1) is 9.86. The van der Waals surface area contributed by atoms with Crippen LogP contribution in [-0.2, 0) is 16.3 Å². The molecular formula is C17H26O3S. The number of sulfone groups is 1. The van der Waals surface area contributed by atoms with Crippen molar-refractivity contribution in [2.45, 2.75) is 56.8 Å². The number of hydrogen-bond acceptors (Lipinski definition) is 3. The Bertz CT molecular complexity index is 548. The smallest absolute Gasteiger partial charge is 0.150 e. The molecule has 0 heterocycles. The van der Waals surface area contributed by atoms with Crippen molar-refractivity contribution in [3.8, 4) is 0 Å². The van der Waals surface area contributed by atoms with Gasteiger partial charge in [-0.1, -0.05) is 36.2 Å². The summed E-state index contributed by atoms with van der Waals surface area (Å²) in [7, 11) is -2.98. The molecule has 0 aliphatic heterocycles. The Morgan fingerprint density at radius 1 is 1.24 bits per heavy atom. The molecule has 3 atom stereocenters. The maximum Gasteiger partial charge on any atom is 0.150 e. The minimum Gasteiger partial charge on any atom is -0.393 e. The largest absolute Gasteiger partial charge is 0.393 e. The van der Waals surface area contributed by atoms with E-state index in [1.165, 1.54) is 17.4 Å². The second-order valence-corrected chi connectivity index (χ2v) is 8.80. The lowest BCUT2D eigenvalue weighted by atomic mass is 9.83. The van der Waals surface area contributed by atoms with E-state index in [-0.39, 0.29) is 11.2 Å². The monoisotopic (exact) mass is 310 g/mol. The summed E-state index contributed by atoms with van der Waals surface area (Å²) in [4.78, 5) is 0. The van der Waals surface area contributed by atoms with Crippen LogP contribution in [0, 0.1) is 12.8 Å². The van der Waals surface area contributed by atoms with Gasteiger partial charge in [0.2, 0.25) is 0 Å². The minimum atomic E-state index is -2.98. The van der Waals surface area contributed by atoms with E-state index in [4.69, 9.17) is 0 Å². The molecule has 118 valence electrons. The van der Waals surface area contributed by atoms with Crippen molar-refractivity contribution in [1.82, 2.24) is 0 Å². The van der Waals surface area contributed by atoms with Crippen molar-refractivity contribution in [3.63, 3.8) is 0 Å². The van der Waals surface area contributed by atoms with Crippen molar-refractivity contribution in [2.75, 3.05) is 6.26 Å². The Morgan fingerprint density at radius 2 is 1.90 bits per heavy atom.